The Labute approximate surface area is 108 Å². The van der Waals surface area contributed by atoms with E-state index in [1.165, 1.54) is 13.2 Å². The molecule has 98 valence electrons. The van der Waals surface area contributed by atoms with Crippen molar-refractivity contribution in [3.63, 3.8) is 0 Å². The second kappa shape index (κ2) is 5.62. The third-order valence-electron chi connectivity index (χ3n) is 2.75. The van der Waals surface area contributed by atoms with Crippen LogP contribution in [0.2, 0.25) is 0 Å². The van der Waals surface area contributed by atoms with Crippen molar-refractivity contribution in [1.82, 2.24) is 0 Å². The van der Waals surface area contributed by atoms with Crippen LogP contribution in [-0.4, -0.2) is 47.7 Å². The standard InChI is InChI=1S/C12H14O5S/c1-16-11-9(14)10(17-12(11)15)8(13)3-2-7-4-5-18-6-7/h2-6,8-11,13-14H,1H3/b3-2+/t8-,9?,10?,11-/m1/s1. The summed E-state index contributed by atoms with van der Waals surface area (Å²) in [4.78, 5) is 11.3. The molecule has 4 atom stereocenters. The summed E-state index contributed by atoms with van der Waals surface area (Å²) in [6.45, 7) is 0. The van der Waals surface area contributed by atoms with E-state index in [1.54, 1.807) is 17.4 Å². The van der Waals surface area contributed by atoms with Gasteiger partial charge in [0.25, 0.3) is 0 Å². The Bertz CT molecular complexity index is 428. The average Bonchev–Trinajstić information content (AvgIpc) is 2.95. The van der Waals surface area contributed by atoms with Crippen LogP contribution >= 0.6 is 11.3 Å². The van der Waals surface area contributed by atoms with Gasteiger partial charge < -0.3 is 19.7 Å². The molecule has 1 saturated heterocycles. The number of aliphatic hydroxyl groups is 2. The highest BCUT2D eigenvalue weighted by atomic mass is 32.1. The molecule has 1 aromatic heterocycles. The molecule has 0 saturated carbocycles. The molecule has 1 aromatic rings. The number of esters is 1. The molecule has 0 aliphatic carbocycles. The zero-order valence-electron chi connectivity index (χ0n) is 9.72. The van der Waals surface area contributed by atoms with E-state index in [9.17, 15) is 15.0 Å². The van der Waals surface area contributed by atoms with Gasteiger partial charge in [-0.2, -0.15) is 11.3 Å². The Hall–Kier alpha value is -1.21. The first-order chi connectivity index (χ1) is 8.63. The van der Waals surface area contributed by atoms with Gasteiger partial charge in [-0.25, -0.2) is 4.79 Å². The van der Waals surface area contributed by atoms with E-state index in [4.69, 9.17) is 9.47 Å². The second-order valence-electron chi connectivity index (χ2n) is 3.95. The SMILES string of the molecule is CO[C@H]1C(=O)OC([C@H](O)/C=C/c2ccsc2)C1O. The van der Waals surface area contributed by atoms with Gasteiger partial charge in [-0.3, -0.25) is 0 Å². The van der Waals surface area contributed by atoms with Crippen LogP contribution in [0.1, 0.15) is 5.56 Å². The molecular weight excluding hydrogens is 256 g/mol. The number of aliphatic hydroxyl groups excluding tert-OH is 2. The third kappa shape index (κ3) is 2.62. The van der Waals surface area contributed by atoms with Crippen LogP contribution in [0.15, 0.2) is 22.9 Å². The number of ether oxygens (including phenoxy) is 2. The highest BCUT2D eigenvalue weighted by Crippen LogP contribution is 2.22. The van der Waals surface area contributed by atoms with E-state index in [0.29, 0.717) is 0 Å². The van der Waals surface area contributed by atoms with Crippen molar-refractivity contribution < 1.29 is 24.5 Å². The summed E-state index contributed by atoms with van der Waals surface area (Å²) in [5.74, 6) is -0.655. The van der Waals surface area contributed by atoms with Crippen molar-refractivity contribution in [3.05, 3.63) is 28.5 Å². The van der Waals surface area contributed by atoms with Crippen LogP contribution < -0.4 is 0 Å². The molecule has 0 bridgehead atoms. The smallest absolute Gasteiger partial charge is 0.338 e. The Balaban J connectivity index is 2.02. The molecule has 0 aromatic carbocycles. The fraction of sp³-hybridized carbons (Fsp3) is 0.417. The lowest BCUT2D eigenvalue weighted by Crippen LogP contribution is -2.38. The van der Waals surface area contributed by atoms with Gasteiger partial charge >= 0.3 is 5.97 Å². The quantitative estimate of drug-likeness (QED) is 0.776. The van der Waals surface area contributed by atoms with Crippen LogP contribution in [0.3, 0.4) is 0 Å². The summed E-state index contributed by atoms with van der Waals surface area (Å²) >= 11 is 1.54. The number of rotatable bonds is 4. The fourth-order valence-electron chi connectivity index (χ4n) is 1.78. The van der Waals surface area contributed by atoms with E-state index in [2.05, 4.69) is 0 Å². The zero-order valence-corrected chi connectivity index (χ0v) is 10.5. The topological polar surface area (TPSA) is 76.0 Å². The maximum absolute atomic E-state index is 11.3. The largest absolute Gasteiger partial charge is 0.454 e. The summed E-state index contributed by atoms with van der Waals surface area (Å²) < 4.78 is 9.70. The first-order valence-corrected chi connectivity index (χ1v) is 6.37. The van der Waals surface area contributed by atoms with Gasteiger partial charge in [0.1, 0.15) is 12.2 Å². The molecule has 18 heavy (non-hydrogen) atoms. The van der Waals surface area contributed by atoms with E-state index < -0.39 is 30.4 Å². The van der Waals surface area contributed by atoms with Gasteiger partial charge in [-0.15, -0.1) is 0 Å². The number of hydrogen-bond donors (Lipinski definition) is 2. The minimum absolute atomic E-state index is 0.655. The summed E-state index contributed by atoms with van der Waals surface area (Å²) in [6.07, 6.45) is -1.05. The minimum Gasteiger partial charge on any atom is -0.454 e. The van der Waals surface area contributed by atoms with Crippen LogP contribution in [0.4, 0.5) is 0 Å². The summed E-state index contributed by atoms with van der Waals surface area (Å²) in [5, 5.41) is 23.5. The molecule has 0 spiro atoms. The van der Waals surface area contributed by atoms with E-state index >= 15 is 0 Å². The molecule has 0 amide bonds. The van der Waals surface area contributed by atoms with Gasteiger partial charge in [0.05, 0.1) is 0 Å². The molecule has 0 radical (unpaired) electrons. The lowest BCUT2D eigenvalue weighted by Gasteiger charge is -2.17. The summed E-state index contributed by atoms with van der Waals surface area (Å²) in [6, 6.07) is 1.89. The normalized spacial score (nSPS) is 29.7. The first-order valence-electron chi connectivity index (χ1n) is 5.43. The van der Waals surface area contributed by atoms with Crippen LogP contribution in [-0.2, 0) is 14.3 Å². The van der Waals surface area contributed by atoms with Gasteiger partial charge in [0.2, 0.25) is 0 Å². The molecule has 1 fully saturated rings. The van der Waals surface area contributed by atoms with Gasteiger partial charge in [0, 0.05) is 7.11 Å². The van der Waals surface area contributed by atoms with E-state index in [1.807, 2.05) is 16.8 Å². The fourth-order valence-corrected chi connectivity index (χ4v) is 2.41. The number of thiophene rings is 1. The Kier molecular flexibility index (Phi) is 4.13. The number of cyclic esters (lactones) is 1. The molecule has 2 rings (SSSR count). The lowest BCUT2D eigenvalue weighted by molar-refractivity contribution is -0.150. The average molecular weight is 270 g/mol. The van der Waals surface area contributed by atoms with Crippen molar-refractivity contribution >= 4 is 23.4 Å². The van der Waals surface area contributed by atoms with Crippen molar-refractivity contribution in [2.45, 2.75) is 24.4 Å². The second-order valence-corrected chi connectivity index (χ2v) is 4.73. The van der Waals surface area contributed by atoms with Crippen molar-refractivity contribution in [3.8, 4) is 0 Å². The maximum atomic E-state index is 11.3. The first kappa shape index (κ1) is 13.2. The molecule has 2 unspecified atom stereocenters. The van der Waals surface area contributed by atoms with Gasteiger partial charge in [0.15, 0.2) is 12.2 Å². The molecule has 2 N–H and O–H groups in total. The molecule has 5 nitrogen and oxygen atoms in total. The highest BCUT2D eigenvalue weighted by molar-refractivity contribution is 7.08. The third-order valence-corrected chi connectivity index (χ3v) is 3.45. The van der Waals surface area contributed by atoms with Crippen molar-refractivity contribution in [1.29, 1.82) is 0 Å². The van der Waals surface area contributed by atoms with Crippen LogP contribution in [0, 0.1) is 0 Å². The monoisotopic (exact) mass is 270 g/mol. The zero-order chi connectivity index (χ0) is 13.1. The Morgan fingerprint density at radius 3 is 2.94 bits per heavy atom. The van der Waals surface area contributed by atoms with Gasteiger partial charge in [-0.05, 0) is 22.4 Å². The van der Waals surface area contributed by atoms with E-state index in [-0.39, 0.29) is 0 Å². The predicted octanol–water partition coefficient (Wildman–Crippen LogP) is 0.423. The number of carbonyl (C=O) groups is 1. The molecule has 2 heterocycles. The minimum atomic E-state index is -1.16. The van der Waals surface area contributed by atoms with Gasteiger partial charge in [-0.1, -0.05) is 12.2 Å². The summed E-state index contributed by atoms with van der Waals surface area (Å²) in [7, 11) is 1.31. The summed E-state index contributed by atoms with van der Waals surface area (Å²) in [5.41, 5.74) is 0.946. The molecule has 1 aliphatic rings. The molecular formula is C12H14O5S. The Morgan fingerprint density at radius 2 is 2.39 bits per heavy atom. The number of carbonyl (C=O) groups excluding carboxylic acids is 1. The molecule has 1 aliphatic heterocycles. The molecule has 6 heteroatoms. The Morgan fingerprint density at radius 1 is 1.61 bits per heavy atom. The number of hydrogen-bond acceptors (Lipinski definition) is 6. The number of methoxy groups -OCH3 is 1. The van der Waals surface area contributed by atoms with Crippen molar-refractivity contribution in [2.75, 3.05) is 7.11 Å². The van der Waals surface area contributed by atoms with E-state index in [0.717, 1.165) is 5.56 Å². The predicted molar refractivity (Wildman–Crippen MR) is 66.0 cm³/mol. The highest BCUT2D eigenvalue weighted by Gasteiger charge is 2.46. The maximum Gasteiger partial charge on any atom is 0.338 e. The van der Waals surface area contributed by atoms with Crippen LogP contribution in [0.25, 0.3) is 6.08 Å². The van der Waals surface area contributed by atoms with Crippen molar-refractivity contribution in [2.24, 2.45) is 0 Å². The van der Waals surface area contributed by atoms with Crippen LogP contribution in [0.5, 0.6) is 0 Å². The lowest BCUT2D eigenvalue weighted by atomic mass is 10.1.